The first-order valence-corrected chi connectivity index (χ1v) is 4.82. The van der Waals surface area contributed by atoms with Gasteiger partial charge in [-0.25, -0.2) is 0 Å². The van der Waals surface area contributed by atoms with Gasteiger partial charge in [0.25, 0.3) is 0 Å². The Morgan fingerprint density at radius 3 is 2.38 bits per heavy atom. The zero-order chi connectivity index (χ0) is 9.68. The zero-order valence-corrected chi connectivity index (χ0v) is 8.62. The van der Waals surface area contributed by atoms with Crippen molar-refractivity contribution in [2.45, 2.75) is 33.4 Å². The Hall–Kier alpha value is -0.890. The van der Waals surface area contributed by atoms with E-state index < -0.39 is 0 Å². The lowest BCUT2D eigenvalue weighted by Gasteiger charge is -2.17. The number of nitrogens with zero attached hydrogens (tertiary/aromatic N) is 1. The van der Waals surface area contributed by atoms with Gasteiger partial charge in [0.15, 0.2) is 0 Å². The number of nitrogens with one attached hydrogen (secondary N) is 1. The molecule has 0 aliphatic rings. The molecule has 13 heavy (non-hydrogen) atoms. The smallest absolute Gasteiger partial charge is 0.0271 e. The molecule has 0 spiro atoms. The van der Waals surface area contributed by atoms with Crippen molar-refractivity contribution in [2.24, 2.45) is 5.92 Å². The highest BCUT2D eigenvalue weighted by Crippen LogP contribution is 2.02. The molecule has 0 bridgehead atoms. The van der Waals surface area contributed by atoms with Crippen molar-refractivity contribution in [3.8, 4) is 0 Å². The molecule has 1 N–H and O–H groups in total. The van der Waals surface area contributed by atoms with E-state index in [-0.39, 0.29) is 0 Å². The van der Waals surface area contributed by atoms with Crippen molar-refractivity contribution in [3.63, 3.8) is 0 Å². The summed E-state index contributed by atoms with van der Waals surface area (Å²) >= 11 is 0. The van der Waals surface area contributed by atoms with Crippen LogP contribution in [0.15, 0.2) is 24.5 Å². The van der Waals surface area contributed by atoms with Gasteiger partial charge >= 0.3 is 0 Å². The van der Waals surface area contributed by atoms with Crippen LogP contribution in [0.1, 0.15) is 26.3 Å². The van der Waals surface area contributed by atoms with Crippen molar-refractivity contribution in [1.29, 1.82) is 0 Å². The summed E-state index contributed by atoms with van der Waals surface area (Å²) in [5.74, 6) is 0.682. The minimum Gasteiger partial charge on any atom is -0.310 e. The molecule has 0 fully saturated rings. The third kappa shape index (κ3) is 3.55. The predicted octanol–water partition coefficient (Wildman–Crippen LogP) is 2.22. The van der Waals surface area contributed by atoms with Crippen LogP contribution in [0.25, 0.3) is 0 Å². The summed E-state index contributed by atoms with van der Waals surface area (Å²) in [7, 11) is 0. The molecule has 0 amide bonds. The minimum atomic E-state index is 0.563. The van der Waals surface area contributed by atoms with Gasteiger partial charge in [0, 0.05) is 25.0 Å². The fraction of sp³-hybridized carbons (Fsp3) is 0.545. The van der Waals surface area contributed by atoms with Crippen molar-refractivity contribution in [2.75, 3.05) is 0 Å². The van der Waals surface area contributed by atoms with E-state index in [0.717, 1.165) is 6.54 Å². The van der Waals surface area contributed by atoms with Crippen molar-refractivity contribution in [3.05, 3.63) is 30.1 Å². The van der Waals surface area contributed by atoms with E-state index in [0.29, 0.717) is 12.0 Å². The fourth-order valence-corrected chi connectivity index (χ4v) is 1.02. The van der Waals surface area contributed by atoms with E-state index in [1.165, 1.54) is 5.56 Å². The van der Waals surface area contributed by atoms with Crippen molar-refractivity contribution in [1.82, 2.24) is 10.3 Å². The van der Waals surface area contributed by atoms with Crippen LogP contribution in [-0.4, -0.2) is 11.0 Å². The highest BCUT2D eigenvalue weighted by atomic mass is 14.9. The van der Waals surface area contributed by atoms with E-state index in [1.54, 1.807) is 0 Å². The number of hydrogen-bond donors (Lipinski definition) is 1. The Morgan fingerprint density at radius 2 is 1.85 bits per heavy atom. The highest BCUT2D eigenvalue weighted by Gasteiger charge is 2.04. The summed E-state index contributed by atoms with van der Waals surface area (Å²) in [6.07, 6.45) is 3.66. The SMILES string of the molecule is CC(C)[C@H](C)NCc1ccncc1. The van der Waals surface area contributed by atoms with Crippen molar-refractivity contribution >= 4 is 0 Å². The molecule has 2 heteroatoms. The summed E-state index contributed by atoms with van der Waals surface area (Å²) in [4.78, 5) is 3.98. The molecule has 0 saturated carbocycles. The average Bonchev–Trinajstić information content (AvgIpc) is 2.15. The molecule has 0 aromatic carbocycles. The first-order valence-electron chi connectivity index (χ1n) is 4.82. The van der Waals surface area contributed by atoms with Crippen LogP contribution in [0.3, 0.4) is 0 Å². The van der Waals surface area contributed by atoms with Crippen LogP contribution in [-0.2, 0) is 6.54 Å². The van der Waals surface area contributed by atoms with E-state index in [2.05, 4.69) is 31.1 Å². The molecule has 72 valence electrons. The van der Waals surface area contributed by atoms with Gasteiger partial charge in [-0.1, -0.05) is 13.8 Å². The standard InChI is InChI=1S/C11H18N2/c1-9(2)10(3)13-8-11-4-6-12-7-5-11/h4-7,9-10,13H,8H2,1-3H3/t10-/m0/s1. The van der Waals surface area contributed by atoms with Crippen LogP contribution >= 0.6 is 0 Å². The molecule has 0 radical (unpaired) electrons. The second-order valence-electron chi connectivity index (χ2n) is 3.77. The van der Waals surface area contributed by atoms with Crippen molar-refractivity contribution < 1.29 is 0 Å². The Bertz CT molecular complexity index is 231. The lowest BCUT2D eigenvalue weighted by molar-refractivity contribution is 0.426. The normalized spacial score (nSPS) is 13.2. The van der Waals surface area contributed by atoms with Gasteiger partial charge in [-0.05, 0) is 30.5 Å². The first-order chi connectivity index (χ1) is 6.20. The quantitative estimate of drug-likeness (QED) is 0.764. The van der Waals surface area contributed by atoms with Gasteiger partial charge in [-0.3, -0.25) is 4.98 Å². The topological polar surface area (TPSA) is 24.9 Å². The summed E-state index contributed by atoms with van der Waals surface area (Å²) in [5, 5.41) is 3.47. The average molecular weight is 178 g/mol. The van der Waals surface area contributed by atoms with Crippen LogP contribution in [0.2, 0.25) is 0 Å². The second kappa shape index (κ2) is 4.97. The van der Waals surface area contributed by atoms with Gasteiger partial charge in [-0.2, -0.15) is 0 Å². The molecule has 0 aliphatic carbocycles. The predicted molar refractivity (Wildman–Crippen MR) is 55.4 cm³/mol. The van der Waals surface area contributed by atoms with Gasteiger partial charge in [0.1, 0.15) is 0 Å². The second-order valence-corrected chi connectivity index (χ2v) is 3.77. The highest BCUT2D eigenvalue weighted by molar-refractivity contribution is 5.09. The maximum atomic E-state index is 3.98. The number of pyridine rings is 1. The largest absolute Gasteiger partial charge is 0.310 e. The molecule has 1 heterocycles. The lowest BCUT2D eigenvalue weighted by Crippen LogP contribution is -2.30. The molecule has 0 unspecified atom stereocenters. The third-order valence-corrected chi connectivity index (χ3v) is 2.38. The Morgan fingerprint density at radius 1 is 1.23 bits per heavy atom. The number of rotatable bonds is 4. The monoisotopic (exact) mass is 178 g/mol. The molecular weight excluding hydrogens is 160 g/mol. The van der Waals surface area contributed by atoms with Gasteiger partial charge in [-0.15, -0.1) is 0 Å². The van der Waals surface area contributed by atoms with E-state index >= 15 is 0 Å². The molecule has 1 rings (SSSR count). The number of hydrogen-bond acceptors (Lipinski definition) is 2. The van der Waals surface area contributed by atoms with Crippen LogP contribution < -0.4 is 5.32 Å². The van der Waals surface area contributed by atoms with Gasteiger partial charge in [0.05, 0.1) is 0 Å². The van der Waals surface area contributed by atoms with Crippen LogP contribution in [0.5, 0.6) is 0 Å². The fourth-order valence-electron chi connectivity index (χ4n) is 1.02. The molecule has 2 nitrogen and oxygen atoms in total. The third-order valence-electron chi connectivity index (χ3n) is 2.38. The van der Waals surface area contributed by atoms with Crippen LogP contribution in [0, 0.1) is 5.92 Å². The maximum Gasteiger partial charge on any atom is 0.0271 e. The van der Waals surface area contributed by atoms with E-state index in [9.17, 15) is 0 Å². The molecule has 1 aromatic rings. The minimum absolute atomic E-state index is 0.563. The Labute approximate surface area is 80.4 Å². The summed E-state index contributed by atoms with van der Waals surface area (Å²) in [6.45, 7) is 7.60. The molecule has 0 saturated heterocycles. The Balaban J connectivity index is 2.35. The van der Waals surface area contributed by atoms with Gasteiger partial charge in [0.2, 0.25) is 0 Å². The lowest BCUT2D eigenvalue weighted by atomic mass is 10.1. The molecule has 1 aromatic heterocycles. The zero-order valence-electron chi connectivity index (χ0n) is 8.62. The number of aromatic nitrogens is 1. The molecule has 1 atom stereocenters. The van der Waals surface area contributed by atoms with E-state index in [4.69, 9.17) is 0 Å². The van der Waals surface area contributed by atoms with E-state index in [1.807, 2.05) is 24.5 Å². The summed E-state index contributed by atoms with van der Waals surface area (Å²) in [5.41, 5.74) is 1.29. The van der Waals surface area contributed by atoms with Crippen LogP contribution in [0.4, 0.5) is 0 Å². The maximum absolute atomic E-state index is 3.98. The molecule has 0 aliphatic heterocycles. The summed E-state index contributed by atoms with van der Waals surface area (Å²) in [6, 6.07) is 4.65. The summed E-state index contributed by atoms with van der Waals surface area (Å²) < 4.78 is 0. The van der Waals surface area contributed by atoms with Gasteiger partial charge < -0.3 is 5.32 Å². The Kier molecular flexibility index (Phi) is 3.90. The first kappa shape index (κ1) is 10.2. The molecular formula is C11H18N2.